The minimum absolute atomic E-state index is 0.0506. The van der Waals surface area contributed by atoms with Crippen LogP contribution in [0.3, 0.4) is 0 Å². The highest BCUT2D eigenvalue weighted by Gasteiger charge is 1.98. The molecular formula is C18H22N2O2. The van der Waals surface area contributed by atoms with E-state index in [4.69, 9.17) is 4.74 Å². The molecule has 2 aromatic rings. The fraction of sp³-hybridized carbons (Fsp3) is 0.278. The van der Waals surface area contributed by atoms with Crippen molar-refractivity contribution in [3.05, 3.63) is 59.7 Å². The number of anilines is 1. The van der Waals surface area contributed by atoms with Gasteiger partial charge in [0.15, 0.2) is 0 Å². The number of carbonyl (C=O) groups is 1. The number of hydrogen-bond donors (Lipinski definition) is 2. The van der Waals surface area contributed by atoms with Crippen molar-refractivity contribution < 1.29 is 9.53 Å². The number of nitrogens with one attached hydrogen (secondary N) is 2. The molecule has 0 saturated heterocycles. The Balaban J connectivity index is 1.72. The van der Waals surface area contributed by atoms with Gasteiger partial charge in [-0.1, -0.05) is 24.3 Å². The van der Waals surface area contributed by atoms with Crippen LogP contribution >= 0.6 is 0 Å². The Hall–Kier alpha value is -2.33. The predicted octanol–water partition coefficient (Wildman–Crippen LogP) is 2.99. The van der Waals surface area contributed by atoms with E-state index in [2.05, 4.69) is 22.8 Å². The molecule has 0 saturated carbocycles. The van der Waals surface area contributed by atoms with Crippen molar-refractivity contribution in [2.24, 2.45) is 0 Å². The highest BCUT2D eigenvalue weighted by atomic mass is 16.5. The summed E-state index contributed by atoms with van der Waals surface area (Å²) >= 11 is 0. The van der Waals surface area contributed by atoms with E-state index in [-0.39, 0.29) is 5.91 Å². The summed E-state index contributed by atoms with van der Waals surface area (Å²) in [5.74, 6) is 0.835. The average molecular weight is 298 g/mol. The summed E-state index contributed by atoms with van der Waals surface area (Å²) in [5.41, 5.74) is 3.31. The Labute approximate surface area is 131 Å². The lowest BCUT2D eigenvalue weighted by Crippen LogP contribution is -2.16. The Morgan fingerprint density at radius 2 is 1.64 bits per heavy atom. The van der Waals surface area contributed by atoms with E-state index in [1.165, 1.54) is 18.1 Å². The third kappa shape index (κ3) is 5.22. The average Bonchev–Trinajstić information content (AvgIpc) is 2.53. The van der Waals surface area contributed by atoms with Gasteiger partial charge in [0.1, 0.15) is 5.75 Å². The normalized spacial score (nSPS) is 10.3. The molecule has 0 atom stereocenters. The molecule has 2 rings (SSSR count). The van der Waals surface area contributed by atoms with Crippen LogP contribution in [0.5, 0.6) is 5.75 Å². The van der Waals surface area contributed by atoms with Crippen molar-refractivity contribution in [2.45, 2.75) is 19.9 Å². The molecule has 0 heterocycles. The number of hydrogen-bond acceptors (Lipinski definition) is 3. The van der Waals surface area contributed by atoms with Gasteiger partial charge in [0.05, 0.1) is 7.11 Å². The quantitative estimate of drug-likeness (QED) is 0.773. The van der Waals surface area contributed by atoms with E-state index >= 15 is 0 Å². The van der Waals surface area contributed by atoms with Gasteiger partial charge in [-0.2, -0.15) is 0 Å². The van der Waals surface area contributed by atoms with Crippen molar-refractivity contribution in [2.75, 3.05) is 19.0 Å². The summed E-state index contributed by atoms with van der Waals surface area (Å²) in [6.45, 7) is 3.24. The number of rotatable bonds is 7. The third-order valence-electron chi connectivity index (χ3n) is 3.35. The molecule has 0 radical (unpaired) electrons. The van der Waals surface area contributed by atoms with E-state index in [1.54, 1.807) is 7.11 Å². The molecule has 2 aromatic carbocycles. The SMILES string of the molecule is COc1ccc(CCNCc2ccc(NC(C)=O)cc2)cc1. The van der Waals surface area contributed by atoms with Crippen LogP contribution < -0.4 is 15.4 Å². The second kappa shape index (κ2) is 8.20. The molecule has 0 aliphatic rings. The minimum atomic E-state index is -0.0506. The van der Waals surface area contributed by atoms with Gasteiger partial charge in [0, 0.05) is 19.2 Å². The number of amides is 1. The molecule has 0 aliphatic carbocycles. The summed E-state index contributed by atoms with van der Waals surface area (Å²) in [5, 5.41) is 6.18. The van der Waals surface area contributed by atoms with Crippen molar-refractivity contribution in [1.82, 2.24) is 5.32 Å². The van der Waals surface area contributed by atoms with Gasteiger partial charge < -0.3 is 15.4 Å². The molecule has 22 heavy (non-hydrogen) atoms. The molecular weight excluding hydrogens is 276 g/mol. The van der Waals surface area contributed by atoms with Crippen LogP contribution in [0.2, 0.25) is 0 Å². The largest absolute Gasteiger partial charge is 0.497 e. The highest BCUT2D eigenvalue weighted by Crippen LogP contribution is 2.12. The number of carbonyl (C=O) groups excluding carboxylic acids is 1. The summed E-state index contributed by atoms with van der Waals surface area (Å²) in [4.78, 5) is 11.0. The number of ether oxygens (including phenoxy) is 1. The van der Waals surface area contributed by atoms with E-state index in [1.807, 2.05) is 36.4 Å². The molecule has 0 aliphatic heterocycles. The van der Waals surface area contributed by atoms with Gasteiger partial charge in [0.2, 0.25) is 5.91 Å². The summed E-state index contributed by atoms with van der Waals surface area (Å²) in [6.07, 6.45) is 0.980. The monoisotopic (exact) mass is 298 g/mol. The van der Waals surface area contributed by atoms with Crippen LogP contribution in [0.1, 0.15) is 18.1 Å². The van der Waals surface area contributed by atoms with Gasteiger partial charge >= 0.3 is 0 Å². The van der Waals surface area contributed by atoms with Crippen molar-refractivity contribution in [1.29, 1.82) is 0 Å². The first kappa shape index (κ1) is 16.0. The first-order valence-electron chi connectivity index (χ1n) is 7.37. The zero-order valence-electron chi connectivity index (χ0n) is 13.1. The lowest BCUT2D eigenvalue weighted by molar-refractivity contribution is -0.114. The van der Waals surface area contributed by atoms with Crippen LogP contribution in [-0.4, -0.2) is 19.6 Å². The Morgan fingerprint density at radius 3 is 2.23 bits per heavy atom. The predicted molar refractivity (Wildman–Crippen MR) is 89.2 cm³/mol. The van der Waals surface area contributed by atoms with Gasteiger partial charge in [-0.05, 0) is 48.4 Å². The Bertz CT molecular complexity index is 591. The first-order chi connectivity index (χ1) is 10.7. The number of methoxy groups -OCH3 is 1. The van der Waals surface area contributed by atoms with Crippen LogP contribution in [0.4, 0.5) is 5.69 Å². The molecule has 0 fully saturated rings. The fourth-order valence-electron chi connectivity index (χ4n) is 2.17. The smallest absolute Gasteiger partial charge is 0.221 e. The number of benzene rings is 2. The molecule has 0 bridgehead atoms. The molecule has 2 N–H and O–H groups in total. The van der Waals surface area contributed by atoms with Crippen LogP contribution in [0.25, 0.3) is 0 Å². The molecule has 4 heteroatoms. The lowest BCUT2D eigenvalue weighted by atomic mass is 10.1. The zero-order valence-corrected chi connectivity index (χ0v) is 13.1. The maximum Gasteiger partial charge on any atom is 0.221 e. The molecule has 1 amide bonds. The third-order valence-corrected chi connectivity index (χ3v) is 3.35. The lowest BCUT2D eigenvalue weighted by Gasteiger charge is -2.07. The summed E-state index contributed by atoms with van der Waals surface area (Å²) in [7, 11) is 1.67. The van der Waals surface area contributed by atoms with Crippen LogP contribution in [0.15, 0.2) is 48.5 Å². The second-order valence-corrected chi connectivity index (χ2v) is 5.15. The van der Waals surface area contributed by atoms with Gasteiger partial charge in [-0.25, -0.2) is 0 Å². The first-order valence-corrected chi connectivity index (χ1v) is 7.37. The fourth-order valence-corrected chi connectivity index (χ4v) is 2.17. The van der Waals surface area contributed by atoms with E-state index in [9.17, 15) is 4.79 Å². The Kier molecular flexibility index (Phi) is 5.98. The highest BCUT2D eigenvalue weighted by molar-refractivity contribution is 5.88. The van der Waals surface area contributed by atoms with E-state index in [0.717, 1.165) is 30.9 Å². The molecule has 4 nitrogen and oxygen atoms in total. The molecule has 0 spiro atoms. The minimum Gasteiger partial charge on any atom is -0.497 e. The maximum absolute atomic E-state index is 11.0. The summed E-state index contributed by atoms with van der Waals surface area (Å²) in [6, 6.07) is 16.0. The van der Waals surface area contributed by atoms with Crippen molar-refractivity contribution >= 4 is 11.6 Å². The van der Waals surface area contributed by atoms with Crippen molar-refractivity contribution in [3.63, 3.8) is 0 Å². The van der Waals surface area contributed by atoms with Gasteiger partial charge in [-0.3, -0.25) is 4.79 Å². The molecule has 116 valence electrons. The molecule has 0 aromatic heterocycles. The topological polar surface area (TPSA) is 50.4 Å². The summed E-state index contributed by atoms with van der Waals surface area (Å²) < 4.78 is 5.14. The van der Waals surface area contributed by atoms with Crippen molar-refractivity contribution in [3.8, 4) is 5.75 Å². The van der Waals surface area contributed by atoms with Crippen LogP contribution in [-0.2, 0) is 17.8 Å². The zero-order chi connectivity index (χ0) is 15.8. The van der Waals surface area contributed by atoms with Gasteiger partial charge in [-0.15, -0.1) is 0 Å². The van der Waals surface area contributed by atoms with E-state index < -0.39 is 0 Å². The molecule has 0 unspecified atom stereocenters. The van der Waals surface area contributed by atoms with E-state index in [0.29, 0.717) is 0 Å². The standard InChI is InChI=1S/C18H22N2O2/c1-14(21)20-17-7-3-16(4-8-17)13-19-12-11-15-5-9-18(22-2)10-6-15/h3-10,19H,11-13H2,1-2H3,(H,20,21). The van der Waals surface area contributed by atoms with Crippen LogP contribution in [0, 0.1) is 0 Å². The second-order valence-electron chi connectivity index (χ2n) is 5.15. The Morgan fingerprint density at radius 1 is 1.00 bits per heavy atom. The van der Waals surface area contributed by atoms with Gasteiger partial charge in [0.25, 0.3) is 0 Å². The maximum atomic E-state index is 11.0.